The summed E-state index contributed by atoms with van der Waals surface area (Å²) < 4.78 is 2.39. The molecule has 0 radical (unpaired) electrons. The molecule has 0 aliphatic carbocycles. The van der Waals surface area contributed by atoms with Gasteiger partial charge in [0.05, 0.1) is 0 Å². The third-order valence-electron chi connectivity index (χ3n) is 2.38. The van der Waals surface area contributed by atoms with Gasteiger partial charge in [0.1, 0.15) is 0 Å². The molecule has 0 aromatic carbocycles. The van der Waals surface area contributed by atoms with Crippen molar-refractivity contribution in [3.05, 3.63) is 32.6 Å². The Balaban J connectivity index is 2.76. The van der Waals surface area contributed by atoms with Crippen LogP contribution >= 0.6 is 0 Å². The third-order valence-corrected chi connectivity index (χ3v) is 2.38. The summed E-state index contributed by atoms with van der Waals surface area (Å²) in [7, 11) is 3.01. The molecule has 0 spiro atoms. The van der Waals surface area contributed by atoms with Crippen molar-refractivity contribution in [1.29, 1.82) is 0 Å². The van der Waals surface area contributed by atoms with Gasteiger partial charge in [0.15, 0.2) is 0 Å². The molecule has 0 bridgehead atoms. The van der Waals surface area contributed by atoms with Crippen molar-refractivity contribution < 1.29 is 4.79 Å². The molecule has 94 valence electrons. The van der Waals surface area contributed by atoms with Gasteiger partial charge in [-0.2, -0.15) is 0 Å². The summed E-state index contributed by atoms with van der Waals surface area (Å²) in [4.78, 5) is 33.6. The molecule has 0 atom stereocenters. The second kappa shape index (κ2) is 5.44. The molecule has 0 unspecified atom stereocenters. The van der Waals surface area contributed by atoms with Gasteiger partial charge in [-0.3, -0.25) is 14.2 Å². The molecule has 0 saturated carbocycles. The molecule has 1 aromatic rings. The van der Waals surface area contributed by atoms with Gasteiger partial charge in [0, 0.05) is 45.4 Å². The minimum atomic E-state index is -0.397. The number of rotatable bonds is 5. The van der Waals surface area contributed by atoms with Crippen LogP contribution in [-0.4, -0.2) is 21.6 Å². The molecule has 17 heavy (non-hydrogen) atoms. The maximum absolute atomic E-state index is 11.7. The van der Waals surface area contributed by atoms with E-state index in [0.717, 1.165) is 4.57 Å². The lowest BCUT2D eigenvalue weighted by Gasteiger charge is -2.07. The van der Waals surface area contributed by atoms with Crippen molar-refractivity contribution >= 4 is 5.91 Å². The van der Waals surface area contributed by atoms with Crippen molar-refractivity contribution in [2.75, 3.05) is 6.54 Å². The van der Waals surface area contributed by atoms with Crippen molar-refractivity contribution in [2.45, 2.75) is 13.0 Å². The minimum absolute atomic E-state index is 0.214. The van der Waals surface area contributed by atoms with Crippen molar-refractivity contribution in [1.82, 2.24) is 14.5 Å². The van der Waals surface area contributed by atoms with Gasteiger partial charge >= 0.3 is 5.69 Å². The predicted octanol–water partition coefficient (Wildman–Crippen LogP) is -1.95. The highest BCUT2D eigenvalue weighted by molar-refractivity contribution is 5.73. The zero-order valence-corrected chi connectivity index (χ0v) is 9.90. The van der Waals surface area contributed by atoms with E-state index in [2.05, 4.69) is 5.32 Å². The van der Waals surface area contributed by atoms with Gasteiger partial charge in [-0.05, 0) is 0 Å². The fourth-order valence-electron chi connectivity index (χ4n) is 1.44. The number of carbonyl (C=O) groups excluding carboxylic acids is 1. The lowest BCUT2D eigenvalue weighted by Crippen LogP contribution is -2.39. The van der Waals surface area contributed by atoms with Gasteiger partial charge in [-0.25, -0.2) is 4.79 Å². The Hall–Kier alpha value is -1.89. The van der Waals surface area contributed by atoms with Gasteiger partial charge in [0.25, 0.3) is 5.56 Å². The maximum Gasteiger partial charge on any atom is 0.330 e. The Morgan fingerprint density at radius 3 is 2.65 bits per heavy atom. The first-order chi connectivity index (χ1) is 7.93. The number of primary amides is 1. The maximum atomic E-state index is 11.7. The number of hydrogen-bond donors (Lipinski definition) is 2. The zero-order chi connectivity index (χ0) is 13.0. The van der Waals surface area contributed by atoms with Crippen LogP contribution in [0.25, 0.3) is 0 Å². The van der Waals surface area contributed by atoms with E-state index in [-0.39, 0.29) is 17.7 Å². The largest absolute Gasteiger partial charge is 0.370 e. The van der Waals surface area contributed by atoms with Crippen molar-refractivity contribution in [3.8, 4) is 0 Å². The topological polar surface area (TPSA) is 99.1 Å². The van der Waals surface area contributed by atoms with E-state index < -0.39 is 5.91 Å². The number of amides is 1. The van der Waals surface area contributed by atoms with Crippen molar-refractivity contribution in [3.63, 3.8) is 0 Å². The highest BCUT2D eigenvalue weighted by Gasteiger charge is 2.06. The van der Waals surface area contributed by atoms with Crippen LogP contribution < -0.4 is 22.3 Å². The SMILES string of the molecule is Cn1cc(CNCCC(N)=O)c(=O)n(C)c1=O. The number of carbonyl (C=O) groups is 1. The second-order valence-corrected chi connectivity index (χ2v) is 3.81. The number of nitrogens with one attached hydrogen (secondary N) is 1. The Bertz CT molecular complexity index is 529. The van der Waals surface area contributed by atoms with Crippen molar-refractivity contribution in [2.24, 2.45) is 19.8 Å². The van der Waals surface area contributed by atoms with Gasteiger partial charge in [-0.15, -0.1) is 0 Å². The Labute approximate surface area is 97.9 Å². The Kier molecular flexibility index (Phi) is 4.22. The number of aryl methyl sites for hydroxylation is 1. The molecule has 1 aromatic heterocycles. The van der Waals surface area contributed by atoms with Gasteiger partial charge in [0.2, 0.25) is 5.91 Å². The van der Waals surface area contributed by atoms with E-state index in [1.807, 2.05) is 0 Å². The monoisotopic (exact) mass is 240 g/mol. The quantitative estimate of drug-likeness (QED) is 0.584. The van der Waals surface area contributed by atoms with Crippen LogP contribution in [-0.2, 0) is 25.4 Å². The highest BCUT2D eigenvalue weighted by atomic mass is 16.2. The molecule has 0 aliphatic rings. The average Bonchev–Trinajstić information content (AvgIpc) is 2.27. The molecule has 0 aliphatic heterocycles. The minimum Gasteiger partial charge on any atom is -0.370 e. The zero-order valence-electron chi connectivity index (χ0n) is 9.90. The molecule has 7 nitrogen and oxygen atoms in total. The van der Waals surface area contributed by atoms with E-state index in [0.29, 0.717) is 18.7 Å². The summed E-state index contributed by atoms with van der Waals surface area (Å²) >= 11 is 0. The van der Waals surface area contributed by atoms with Crippen LogP contribution in [0, 0.1) is 0 Å². The lowest BCUT2D eigenvalue weighted by molar-refractivity contribution is -0.117. The lowest BCUT2D eigenvalue weighted by atomic mass is 10.3. The first-order valence-corrected chi connectivity index (χ1v) is 5.18. The molecule has 1 heterocycles. The van der Waals surface area contributed by atoms with Crippen LogP contribution in [0.3, 0.4) is 0 Å². The average molecular weight is 240 g/mol. The molecular weight excluding hydrogens is 224 g/mol. The standard InChI is InChI=1S/C10H16N4O3/c1-13-6-7(5-12-4-3-8(11)15)9(16)14(2)10(13)17/h6,12H,3-5H2,1-2H3,(H2,11,15). The van der Waals surface area contributed by atoms with Crippen LogP contribution in [0.2, 0.25) is 0 Å². The summed E-state index contributed by atoms with van der Waals surface area (Å²) in [6.07, 6.45) is 1.70. The highest BCUT2D eigenvalue weighted by Crippen LogP contribution is 1.87. The van der Waals surface area contributed by atoms with E-state index in [1.165, 1.54) is 17.8 Å². The van der Waals surface area contributed by atoms with E-state index in [4.69, 9.17) is 5.73 Å². The van der Waals surface area contributed by atoms with Crippen LogP contribution in [0.4, 0.5) is 0 Å². The third kappa shape index (κ3) is 3.28. The molecule has 1 rings (SSSR count). The normalized spacial score (nSPS) is 10.5. The molecule has 0 fully saturated rings. The molecular formula is C10H16N4O3. The van der Waals surface area contributed by atoms with E-state index in [1.54, 1.807) is 7.05 Å². The Morgan fingerprint density at radius 1 is 1.41 bits per heavy atom. The number of aromatic nitrogens is 2. The summed E-state index contributed by atoms with van der Waals surface area (Å²) in [5.41, 5.74) is 4.75. The molecule has 1 amide bonds. The Morgan fingerprint density at radius 2 is 2.06 bits per heavy atom. The van der Waals surface area contributed by atoms with Gasteiger partial charge < -0.3 is 15.6 Å². The molecule has 0 saturated heterocycles. The summed E-state index contributed by atoms with van der Waals surface area (Å²) in [6.45, 7) is 0.704. The number of nitrogens with two attached hydrogens (primary N) is 1. The van der Waals surface area contributed by atoms with E-state index in [9.17, 15) is 14.4 Å². The fourth-order valence-corrected chi connectivity index (χ4v) is 1.44. The first-order valence-electron chi connectivity index (χ1n) is 5.18. The summed E-state index contributed by atoms with van der Waals surface area (Å²) in [5.74, 6) is -0.397. The van der Waals surface area contributed by atoms with Gasteiger partial charge in [-0.1, -0.05) is 0 Å². The number of nitrogens with zero attached hydrogens (tertiary/aromatic N) is 2. The van der Waals surface area contributed by atoms with E-state index >= 15 is 0 Å². The molecule has 3 N–H and O–H groups in total. The van der Waals surface area contributed by atoms with Crippen LogP contribution in [0.5, 0.6) is 0 Å². The van der Waals surface area contributed by atoms with Crippen LogP contribution in [0.1, 0.15) is 12.0 Å². The summed E-state index contributed by atoms with van der Waals surface area (Å²) in [5, 5.41) is 2.92. The first kappa shape index (κ1) is 13.2. The summed E-state index contributed by atoms with van der Waals surface area (Å²) in [6, 6.07) is 0. The van der Waals surface area contributed by atoms with Crippen LogP contribution in [0.15, 0.2) is 15.8 Å². The smallest absolute Gasteiger partial charge is 0.330 e. The molecule has 7 heteroatoms. The number of hydrogen-bond acceptors (Lipinski definition) is 4. The fraction of sp³-hybridized carbons (Fsp3) is 0.500. The second-order valence-electron chi connectivity index (χ2n) is 3.81. The predicted molar refractivity (Wildman–Crippen MR) is 62.4 cm³/mol.